The first kappa shape index (κ1) is 16.6. The number of carbonyl (C=O) groups is 1. The number of ether oxygens (including phenoxy) is 1. The second-order valence-electron chi connectivity index (χ2n) is 5.52. The van der Waals surface area contributed by atoms with Gasteiger partial charge in [0.25, 0.3) is 0 Å². The molecule has 1 aliphatic heterocycles. The molecule has 2 rings (SSSR count). The Hall–Kier alpha value is -1.76. The molecule has 1 aromatic rings. The number of carboxylic acids is 1. The molecule has 1 saturated heterocycles. The minimum Gasteiger partial charge on any atom is -0.492 e. The van der Waals surface area contributed by atoms with Gasteiger partial charge in [-0.25, -0.2) is 0 Å². The lowest BCUT2D eigenvalue weighted by atomic mass is 9.96. The zero-order valence-corrected chi connectivity index (χ0v) is 12.1. The number of benzene rings is 1. The highest BCUT2D eigenvalue weighted by atomic mass is 19.4. The summed E-state index contributed by atoms with van der Waals surface area (Å²) in [4.78, 5) is 12.5. The Bertz CT molecular complexity index is 533. The third kappa shape index (κ3) is 4.13. The molecule has 22 heavy (non-hydrogen) atoms. The van der Waals surface area contributed by atoms with Crippen molar-refractivity contribution in [1.29, 1.82) is 0 Å². The smallest absolute Gasteiger partial charge is 0.393 e. The molecular formula is C15H18F3NO3. The second-order valence-corrected chi connectivity index (χ2v) is 5.52. The molecule has 0 saturated carbocycles. The van der Waals surface area contributed by atoms with E-state index in [1.165, 1.54) is 4.90 Å². The van der Waals surface area contributed by atoms with Gasteiger partial charge < -0.3 is 9.84 Å². The van der Waals surface area contributed by atoms with Crippen molar-refractivity contribution >= 4 is 5.97 Å². The van der Waals surface area contributed by atoms with Crippen molar-refractivity contribution in [3.63, 3.8) is 0 Å². The van der Waals surface area contributed by atoms with Crippen LogP contribution in [0.5, 0.6) is 5.75 Å². The quantitative estimate of drug-likeness (QED) is 0.907. The van der Waals surface area contributed by atoms with E-state index in [1.54, 1.807) is 6.07 Å². The van der Waals surface area contributed by atoms with Crippen LogP contribution in [0.4, 0.5) is 13.2 Å². The summed E-state index contributed by atoms with van der Waals surface area (Å²) in [5.41, 5.74) is 1.03. The fourth-order valence-electron chi connectivity index (χ4n) is 2.65. The van der Waals surface area contributed by atoms with Crippen LogP contribution in [0.2, 0.25) is 0 Å². The van der Waals surface area contributed by atoms with E-state index in [1.807, 2.05) is 25.1 Å². The first-order valence-corrected chi connectivity index (χ1v) is 6.98. The molecule has 1 N–H and O–H groups in total. The van der Waals surface area contributed by atoms with Gasteiger partial charge in [0, 0.05) is 19.6 Å². The minimum atomic E-state index is -4.49. The number of carboxylic acid groups (broad SMARTS) is 1. The molecule has 2 atom stereocenters. The molecule has 1 aromatic carbocycles. The summed E-state index contributed by atoms with van der Waals surface area (Å²) in [5, 5.41) is 8.94. The van der Waals surface area contributed by atoms with Crippen molar-refractivity contribution in [3.05, 3.63) is 29.8 Å². The van der Waals surface area contributed by atoms with Crippen LogP contribution >= 0.6 is 0 Å². The molecule has 0 radical (unpaired) electrons. The van der Waals surface area contributed by atoms with Crippen LogP contribution in [-0.2, 0) is 4.79 Å². The van der Waals surface area contributed by atoms with Crippen molar-refractivity contribution in [2.45, 2.75) is 13.1 Å². The number of likely N-dealkylation sites (tertiary alicyclic amines) is 1. The number of hydrogen-bond donors (Lipinski definition) is 1. The standard InChI is InChI=1S/C15H18F3NO3/c1-10-3-2-4-11(7-10)22-6-5-19-8-12(14(20)21)13(9-19)15(16,17)18/h2-4,7,12-13H,5-6,8-9H2,1H3,(H,20,21)/t12-,13-/m1/s1. The number of nitrogens with zero attached hydrogens (tertiary/aromatic N) is 1. The third-order valence-electron chi connectivity index (χ3n) is 3.80. The Morgan fingerprint density at radius 3 is 2.68 bits per heavy atom. The van der Waals surface area contributed by atoms with Gasteiger partial charge in [0.05, 0.1) is 11.8 Å². The van der Waals surface area contributed by atoms with Gasteiger partial charge in [0.2, 0.25) is 0 Å². The first-order chi connectivity index (χ1) is 10.3. The Labute approximate surface area is 126 Å². The number of rotatable bonds is 5. The highest BCUT2D eigenvalue weighted by molar-refractivity contribution is 5.71. The lowest BCUT2D eigenvalue weighted by Crippen LogP contribution is -2.33. The zero-order chi connectivity index (χ0) is 16.3. The molecule has 0 amide bonds. The molecule has 122 valence electrons. The van der Waals surface area contributed by atoms with E-state index in [4.69, 9.17) is 9.84 Å². The predicted octanol–water partition coefficient (Wildman–Crippen LogP) is 2.57. The van der Waals surface area contributed by atoms with Crippen LogP contribution in [0.15, 0.2) is 24.3 Å². The van der Waals surface area contributed by atoms with Gasteiger partial charge in [0.1, 0.15) is 12.4 Å². The summed E-state index contributed by atoms with van der Waals surface area (Å²) in [6.07, 6.45) is -4.49. The van der Waals surface area contributed by atoms with Crippen LogP contribution in [0.25, 0.3) is 0 Å². The molecule has 1 fully saturated rings. The summed E-state index contributed by atoms with van der Waals surface area (Å²) in [6.45, 7) is 2.01. The fraction of sp³-hybridized carbons (Fsp3) is 0.533. The zero-order valence-electron chi connectivity index (χ0n) is 12.1. The monoisotopic (exact) mass is 317 g/mol. The summed E-state index contributed by atoms with van der Waals surface area (Å²) in [7, 11) is 0. The maximum Gasteiger partial charge on any atom is 0.393 e. The topological polar surface area (TPSA) is 49.8 Å². The number of aryl methyl sites for hydroxylation is 1. The van der Waals surface area contributed by atoms with E-state index in [-0.39, 0.29) is 26.2 Å². The predicted molar refractivity (Wildman–Crippen MR) is 73.8 cm³/mol. The van der Waals surface area contributed by atoms with Crippen LogP contribution in [0, 0.1) is 18.8 Å². The normalized spacial score (nSPS) is 22.7. The van der Waals surface area contributed by atoms with Crippen LogP contribution in [0.3, 0.4) is 0 Å². The maximum absolute atomic E-state index is 12.9. The highest BCUT2D eigenvalue weighted by Gasteiger charge is 2.52. The van der Waals surface area contributed by atoms with E-state index >= 15 is 0 Å². The molecule has 4 nitrogen and oxygen atoms in total. The SMILES string of the molecule is Cc1cccc(OCCN2C[C@@H](C(F)(F)F)[C@H](C(=O)O)C2)c1. The van der Waals surface area contributed by atoms with E-state index in [0.717, 1.165) is 5.56 Å². The largest absolute Gasteiger partial charge is 0.492 e. The number of hydrogen-bond acceptors (Lipinski definition) is 3. The van der Waals surface area contributed by atoms with Gasteiger partial charge in [-0.1, -0.05) is 12.1 Å². The van der Waals surface area contributed by atoms with Crippen molar-refractivity contribution in [2.75, 3.05) is 26.2 Å². The van der Waals surface area contributed by atoms with Gasteiger partial charge in [-0.3, -0.25) is 9.69 Å². The molecule has 0 aromatic heterocycles. The summed E-state index contributed by atoms with van der Waals surface area (Å²) < 4.78 is 44.1. The maximum atomic E-state index is 12.9. The molecule has 0 spiro atoms. The third-order valence-corrected chi connectivity index (χ3v) is 3.80. The first-order valence-electron chi connectivity index (χ1n) is 6.98. The minimum absolute atomic E-state index is 0.101. The van der Waals surface area contributed by atoms with Crippen molar-refractivity contribution < 1.29 is 27.8 Å². The lowest BCUT2D eigenvalue weighted by Gasteiger charge is -2.18. The summed E-state index contributed by atoms with van der Waals surface area (Å²) in [6, 6.07) is 7.36. The molecule has 0 unspecified atom stereocenters. The van der Waals surface area contributed by atoms with E-state index in [0.29, 0.717) is 5.75 Å². The van der Waals surface area contributed by atoms with E-state index in [2.05, 4.69) is 0 Å². The highest BCUT2D eigenvalue weighted by Crippen LogP contribution is 2.37. The van der Waals surface area contributed by atoms with Gasteiger partial charge >= 0.3 is 12.1 Å². The molecule has 1 aliphatic rings. The number of halogens is 3. The second kappa shape index (κ2) is 6.56. The average Bonchev–Trinajstić information content (AvgIpc) is 2.83. The van der Waals surface area contributed by atoms with Crippen LogP contribution in [-0.4, -0.2) is 48.4 Å². The van der Waals surface area contributed by atoms with Crippen molar-refractivity contribution in [1.82, 2.24) is 4.90 Å². The molecular weight excluding hydrogens is 299 g/mol. The van der Waals surface area contributed by atoms with Gasteiger partial charge in [0.15, 0.2) is 0 Å². The van der Waals surface area contributed by atoms with Crippen molar-refractivity contribution in [2.24, 2.45) is 11.8 Å². The Kier molecular flexibility index (Phi) is 4.95. The Morgan fingerprint density at radius 1 is 1.41 bits per heavy atom. The van der Waals surface area contributed by atoms with Gasteiger partial charge in [-0.2, -0.15) is 13.2 Å². The van der Waals surface area contributed by atoms with E-state index in [9.17, 15) is 18.0 Å². The van der Waals surface area contributed by atoms with Crippen LogP contribution in [0.1, 0.15) is 5.56 Å². The van der Waals surface area contributed by atoms with Gasteiger partial charge in [-0.15, -0.1) is 0 Å². The van der Waals surface area contributed by atoms with Gasteiger partial charge in [-0.05, 0) is 24.6 Å². The Morgan fingerprint density at radius 2 is 2.14 bits per heavy atom. The molecule has 1 heterocycles. The lowest BCUT2D eigenvalue weighted by molar-refractivity contribution is -0.188. The molecule has 0 bridgehead atoms. The fourth-order valence-corrected chi connectivity index (χ4v) is 2.65. The molecule has 7 heteroatoms. The van der Waals surface area contributed by atoms with Crippen LogP contribution < -0.4 is 4.74 Å². The average molecular weight is 317 g/mol. The number of aliphatic carboxylic acids is 1. The molecule has 0 aliphatic carbocycles. The van der Waals surface area contributed by atoms with Crippen molar-refractivity contribution in [3.8, 4) is 5.75 Å². The summed E-state index contributed by atoms with van der Waals surface area (Å²) >= 11 is 0. The Balaban J connectivity index is 1.88. The van der Waals surface area contributed by atoms with E-state index < -0.39 is 24.0 Å². The summed E-state index contributed by atoms with van der Waals surface area (Å²) in [5.74, 6) is -3.96. The number of alkyl halides is 3.